The van der Waals surface area contributed by atoms with Gasteiger partial charge in [0.05, 0.1) is 0 Å². The van der Waals surface area contributed by atoms with Gasteiger partial charge in [0, 0.05) is 11.7 Å². The van der Waals surface area contributed by atoms with Crippen molar-refractivity contribution >= 4 is 21.9 Å². The summed E-state index contributed by atoms with van der Waals surface area (Å²) in [7, 11) is 0. The van der Waals surface area contributed by atoms with E-state index in [1.54, 1.807) is 0 Å². The standard InChI is InChI=1S/C12H18BrN3/c1-9-8-11(13)16-12(14-9)15-10-6-4-2-3-5-7-10/h8,10H,2-7H2,1H3,(H,14,15,16). The van der Waals surface area contributed by atoms with E-state index in [-0.39, 0.29) is 0 Å². The number of hydrogen-bond donors (Lipinski definition) is 1. The molecule has 1 aliphatic rings. The first-order valence-electron chi connectivity index (χ1n) is 6.02. The predicted molar refractivity (Wildman–Crippen MR) is 69.6 cm³/mol. The summed E-state index contributed by atoms with van der Waals surface area (Å²) in [6, 6.07) is 2.48. The summed E-state index contributed by atoms with van der Waals surface area (Å²) in [5.41, 5.74) is 0.998. The second-order valence-corrected chi connectivity index (χ2v) is 5.30. The first kappa shape index (κ1) is 11.8. The van der Waals surface area contributed by atoms with Gasteiger partial charge in [0.1, 0.15) is 4.60 Å². The van der Waals surface area contributed by atoms with Crippen molar-refractivity contribution in [2.75, 3.05) is 5.32 Å². The zero-order chi connectivity index (χ0) is 11.4. The number of nitrogens with one attached hydrogen (secondary N) is 1. The highest BCUT2D eigenvalue weighted by molar-refractivity contribution is 9.10. The van der Waals surface area contributed by atoms with Crippen LogP contribution in [0, 0.1) is 6.92 Å². The molecule has 2 rings (SSSR count). The van der Waals surface area contributed by atoms with Gasteiger partial charge >= 0.3 is 0 Å². The second-order valence-electron chi connectivity index (χ2n) is 4.49. The predicted octanol–water partition coefficient (Wildman–Crippen LogP) is 3.68. The highest BCUT2D eigenvalue weighted by atomic mass is 79.9. The van der Waals surface area contributed by atoms with E-state index in [0.717, 1.165) is 16.2 Å². The number of nitrogens with zero attached hydrogens (tertiary/aromatic N) is 2. The molecule has 0 bridgehead atoms. The first-order valence-corrected chi connectivity index (χ1v) is 6.81. The van der Waals surface area contributed by atoms with Crippen molar-refractivity contribution in [3.8, 4) is 0 Å². The van der Waals surface area contributed by atoms with Gasteiger partial charge in [0.2, 0.25) is 5.95 Å². The van der Waals surface area contributed by atoms with E-state index in [0.29, 0.717) is 6.04 Å². The third-order valence-corrected chi connectivity index (χ3v) is 3.42. The Morgan fingerprint density at radius 2 is 1.88 bits per heavy atom. The number of aromatic nitrogens is 2. The number of anilines is 1. The Morgan fingerprint density at radius 1 is 1.19 bits per heavy atom. The van der Waals surface area contributed by atoms with Crippen LogP contribution in [-0.4, -0.2) is 16.0 Å². The van der Waals surface area contributed by atoms with Crippen molar-refractivity contribution < 1.29 is 0 Å². The molecule has 16 heavy (non-hydrogen) atoms. The molecule has 1 aliphatic carbocycles. The molecular weight excluding hydrogens is 266 g/mol. The molecule has 1 saturated carbocycles. The van der Waals surface area contributed by atoms with Crippen molar-refractivity contribution in [1.82, 2.24) is 9.97 Å². The zero-order valence-corrected chi connectivity index (χ0v) is 11.3. The molecular formula is C12H18BrN3. The van der Waals surface area contributed by atoms with Gasteiger partial charge in [-0.15, -0.1) is 0 Å². The molecule has 0 saturated heterocycles. The minimum Gasteiger partial charge on any atom is -0.351 e. The van der Waals surface area contributed by atoms with Crippen LogP contribution in [0.25, 0.3) is 0 Å². The summed E-state index contributed by atoms with van der Waals surface area (Å²) in [6.45, 7) is 1.99. The van der Waals surface area contributed by atoms with Gasteiger partial charge in [0.15, 0.2) is 0 Å². The second kappa shape index (κ2) is 5.62. The van der Waals surface area contributed by atoms with E-state index in [1.165, 1.54) is 38.5 Å². The summed E-state index contributed by atoms with van der Waals surface area (Å²) in [4.78, 5) is 8.76. The molecule has 1 heterocycles. The number of aryl methyl sites for hydroxylation is 1. The lowest BCUT2D eigenvalue weighted by Crippen LogP contribution is -2.20. The lowest BCUT2D eigenvalue weighted by Gasteiger charge is -2.16. The molecule has 88 valence electrons. The van der Waals surface area contributed by atoms with Crippen LogP contribution in [0.3, 0.4) is 0 Å². The monoisotopic (exact) mass is 283 g/mol. The van der Waals surface area contributed by atoms with Crippen molar-refractivity contribution in [3.63, 3.8) is 0 Å². The third kappa shape index (κ3) is 3.44. The van der Waals surface area contributed by atoms with E-state index in [9.17, 15) is 0 Å². The Hall–Kier alpha value is -0.640. The van der Waals surface area contributed by atoms with Gasteiger partial charge in [-0.3, -0.25) is 0 Å². The van der Waals surface area contributed by atoms with Gasteiger partial charge in [-0.1, -0.05) is 25.7 Å². The molecule has 4 heteroatoms. The molecule has 0 aliphatic heterocycles. The fourth-order valence-electron chi connectivity index (χ4n) is 2.20. The van der Waals surface area contributed by atoms with Gasteiger partial charge in [-0.2, -0.15) is 0 Å². The van der Waals surface area contributed by atoms with Crippen LogP contribution in [0.1, 0.15) is 44.2 Å². The van der Waals surface area contributed by atoms with Gasteiger partial charge in [-0.25, -0.2) is 9.97 Å². The average Bonchev–Trinajstić information content (AvgIpc) is 2.44. The number of rotatable bonds is 2. The third-order valence-electron chi connectivity index (χ3n) is 3.01. The van der Waals surface area contributed by atoms with Crippen LogP contribution in [0.15, 0.2) is 10.7 Å². The Balaban J connectivity index is 2.01. The first-order chi connectivity index (χ1) is 7.74. The number of halogens is 1. The molecule has 3 nitrogen and oxygen atoms in total. The van der Waals surface area contributed by atoms with Crippen LogP contribution in [0.5, 0.6) is 0 Å². The van der Waals surface area contributed by atoms with E-state index < -0.39 is 0 Å². The Labute approximate surface area is 105 Å². The van der Waals surface area contributed by atoms with Crippen LogP contribution in [-0.2, 0) is 0 Å². The molecule has 1 N–H and O–H groups in total. The van der Waals surface area contributed by atoms with Gasteiger partial charge < -0.3 is 5.32 Å². The van der Waals surface area contributed by atoms with E-state index in [4.69, 9.17) is 0 Å². The van der Waals surface area contributed by atoms with E-state index in [1.807, 2.05) is 13.0 Å². The molecule has 0 amide bonds. The molecule has 0 unspecified atom stereocenters. The average molecular weight is 284 g/mol. The van der Waals surface area contributed by atoms with Crippen LogP contribution < -0.4 is 5.32 Å². The highest BCUT2D eigenvalue weighted by Gasteiger charge is 2.13. The molecule has 0 spiro atoms. The van der Waals surface area contributed by atoms with E-state index in [2.05, 4.69) is 31.2 Å². The maximum absolute atomic E-state index is 4.41. The summed E-state index contributed by atoms with van der Waals surface area (Å²) >= 11 is 3.40. The molecule has 1 fully saturated rings. The van der Waals surface area contributed by atoms with Gasteiger partial charge in [-0.05, 0) is 41.8 Å². The summed E-state index contributed by atoms with van der Waals surface area (Å²) < 4.78 is 0.858. The zero-order valence-electron chi connectivity index (χ0n) is 9.67. The van der Waals surface area contributed by atoms with Crippen LogP contribution in [0.4, 0.5) is 5.95 Å². The van der Waals surface area contributed by atoms with Crippen LogP contribution in [0.2, 0.25) is 0 Å². The quantitative estimate of drug-likeness (QED) is 0.665. The van der Waals surface area contributed by atoms with E-state index >= 15 is 0 Å². The molecule has 0 aromatic carbocycles. The van der Waals surface area contributed by atoms with Crippen molar-refractivity contribution in [2.45, 2.75) is 51.5 Å². The van der Waals surface area contributed by atoms with Crippen molar-refractivity contribution in [3.05, 3.63) is 16.4 Å². The lowest BCUT2D eigenvalue weighted by molar-refractivity contribution is 0.614. The Morgan fingerprint density at radius 3 is 2.50 bits per heavy atom. The molecule has 1 aromatic rings. The minimum absolute atomic E-state index is 0.552. The smallest absolute Gasteiger partial charge is 0.224 e. The Kier molecular flexibility index (Phi) is 4.16. The highest BCUT2D eigenvalue weighted by Crippen LogP contribution is 2.20. The topological polar surface area (TPSA) is 37.8 Å². The molecule has 0 radical (unpaired) electrons. The summed E-state index contributed by atoms with van der Waals surface area (Å²) in [5.74, 6) is 0.763. The fraction of sp³-hybridized carbons (Fsp3) is 0.667. The maximum atomic E-state index is 4.41. The summed E-state index contributed by atoms with van der Waals surface area (Å²) in [6.07, 6.45) is 7.88. The normalized spacial score (nSPS) is 18.1. The van der Waals surface area contributed by atoms with Crippen molar-refractivity contribution in [1.29, 1.82) is 0 Å². The maximum Gasteiger partial charge on any atom is 0.224 e. The van der Waals surface area contributed by atoms with Crippen LogP contribution >= 0.6 is 15.9 Å². The van der Waals surface area contributed by atoms with Crippen molar-refractivity contribution in [2.24, 2.45) is 0 Å². The van der Waals surface area contributed by atoms with Gasteiger partial charge in [0.25, 0.3) is 0 Å². The molecule has 1 aromatic heterocycles. The summed E-state index contributed by atoms with van der Waals surface area (Å²) in [5, 5.41) is 3.45. The molecule has 0 atom stereocenters. The number of hydrogen-bond acceptors (Lipinski definition) is 3. The Bertz CT molecular complexity index is 326. The minimum atomic E-state index is 0.552. The fourth-order valence-corrected chi connectivity index (χ4v) is 2.70. The SMILES string of the molecule is Cc1cc(Br)nc(NC2CCCCCC2)n1. The lowest BCUT2D eigenvalue weighted by atomic mass is 10.1. The largest absolute Gasteiger partial charge is 0.351 e.